The van der Waals surface area contributed by atoms with Crippen LogP contribution in [-0.4, -0.2) is 28.4 Å². The second-order valence-electron chi connectivity index (χ2n) is 4.16. The number of nitrogens with two attached hydrogens (primary N) is 1. The van der Waals surface area contributed by atoms with Crippen LogP contribution in [-0.2, 0) is 11.3 Å². The Morgan fingerprint density at radius 3 is 2.59 bits per heavy atom. The molecule has 1 aliphatic carbocycles. The first-order chi connectivity index (χ1) is 7.01. The third-order valence-corrected chi connectivity index (χ3v) is 3.52. The summed E-state index contributed by atoms with van der Waals surface area (Å²) in [6, 6.07) is 0. The van der Waals surface area contributed by atoms with Crippen LogP contribution in [0.25, 0.3) is 0 Å². The number of carbonyl (C=O) groups excluding carboxylic acids is 1. The minimum atomic E-state index is -0.561. The van der Waals surface area contributed by atoms with Gasteiger partial charge in [-0.3, -0.25) is 4.79 Å². The molecule has 0 atom stereocenters. The van der Waals surface area contributed by atoms with E-state index in [0.29, 0.717) is 6.54 Å². The molecule has 2 rings (SSSR count). The van der Waals surface area contributed by atoms with Crippen LogP contribution >= 0.6 is 36.2 Å². The average Bonchev–Trinajstić information content (AvgIpc) is 2.80. The summed E-state index contributed by atoms with van der Waals surface area (Å²) in [5.74, 6) is 0.0496. The number of halogens is 2. The molecule has 1 fully saturated rings. The third-order valence-electron chi connectivity index (χ3n) is 2.62. The lowest BCUT2D eigenvalue weighted by atomic mass is 10.2. The lowest BCUT2D eigenvalue weighted by Gasteiger charge is -2.19. The second-order valence-corrected chi connectivity index (χ2v) is 5.48. The van der Waals surface area contributed by atoms with Crippen LogP contribution in [0.2, 0.25) is 0 Å². The van der Waals surface area contributed by atoms with E-state index in [2.05, 4.69) is 4.98 Å². The molecule has 0 saturated heterocycles. The standard InChI is InChI=1S/C10H15N3OS.2ClH/c1-7-12-5-8(15-7)6-13(2)9(14)10(11)3-4-10;;/h5H,3-4,6,11H2,1-2H3;2*1H. The Hall–Kier alpha value is -0.360. The zero-order chi connectivity index (χ0) is 11.1. The lowest BCUT2D eigenvalue weighted by molar-refractivity contribution is -0.132. The summed E-state index contributed by atoms with van der Waals surface area (Å²) in [4.78, 5) is 18.8. The summed E-state index contributed by atoms with van der Waals surface area (Å²) in [6.45, 7) is 2.57. The highest BCUT2D eigenvalue weighted by Gasteiger charge is 2.47. The molecule has 0 radical (unpaired) electrons. The van der Waals surface area contributed by atoms with Crippen molar-refractivity contribution in [1.82, 2.24) is 9.88 Å². The van der Waals surface area contributed by atoms with E-state index in [1.165, 1.54) is 0 Å². The molecule has 17 heavy (non-hydrogen) atoms. The van der Waals surface area contributed by atoms with Gasteiger partial charge in [0, 0.05) is 18.1 Å². The number of amides is 1. The van der Waals surface area contributed by atoms with Crippen molar-refractivity contribution in [3.63, 3.8) is 0 Å². The van der Waals surface area contributed by atoms with Crippen LogP contribution in [0.4, 0.5) is 0 Å². The summed E-state index contributed by atoms with van der Waals surface area (Å²) >= 11 is 1.62. The van der Waals surface area contributed by atoms with Gasteiger partial charge in [-0.2, -0.15) is 0 Å². The molecule has 0 spiro atoms. The molecule has 1 saturated carbocycles. The van der Waals surface area contributed by atoms with Gasteiger partial charge in [0.15, 0.2) is 0 Å². The summed E-state index contributed by atoms with van der Waals surface area (Å²) in [5, 5.41) is 1.03. The molecule has 1 aromatic heterocycles. The zero-order valence-corrected chi connectivity index (χ0v) is 12.3. The predicted molar refractivity (Wildman–Crippen MR) is 74.0 cm³/mol. The van der Waals surface area contributed by atoms with Gasteiger partial charge in [0.05, 0.1) is 17.1 Å². The molecular weight excluding hydrogens is 281 g/mol. The smallest absolute Gasteiger partial charge is 0.242 e. The summed E-state index contributed by atoms with van der Waals surface area (Å²) < 4.78 is 0. The highest BCUT2D eigenvalue weighted by atomic mass is 35.5. The van der Waals surface area contributed by atoms with Crippen molar-refractivity contribution in [1.29, 1.82) is 0 Å². The first-order valence-electron chi connectivity index (χ1n) is 4.97. The molecule has 4 nitrogen and oxygen atoms in total. The molecule has 1 aromatic rings. The van der Waals surface area contributed by atoms with E-state index in [1.54, 1.807) is 23.3 Å². The van der Waals surface area contributed by atoms with Gasteiger partial charge in [-0.15, -0.1) is 36.2 Å². The fourth-order valence-electron chi connectivity index (χ4n) is 1.51. The molecule has 0 aliphatic heterocycles. The Bertz CT molecular complexity index is 393. The maximum absolute atomic E-state index is 11.8. The summed E-state index contributed by atoms with van der Waals surface area (Å²) in [5.41, 5.74) is 5.29. The van der Waals surface area contributed by atoms with Crippen LogP contribution in [0, 0.1) is 6.92 Å². The van der Waals surface area contributed by atoms with Crippen LogP contribution < -0.4 is 5.73 Å². The number of hydrogen-bond acceptors (Lipinski definition) is 4. The Morgan fingerprint density at radius 2 is 2.18 bits per heavy atom. The number of carbonyl (C=O) groups is 1. The van der Waals surface area contributed by atoms with Crippen molar-refractivity contribution in [3.8, 4) is 0 Å². The Balaban J connectivity index is 0.00000128. The van der Waals surface area contributed by atoms with Crippen molar-refractivity contribution in [2.45, 2.75) is 31.8 Å². The predicted octanol–water partition coefficient (Wildman–Crippen LogP) is 1.74. The fraction of sp³-hybridized carbons (Fsp3) is 0.600. The van der Waals surface area contributed by atoms with Gasteiger partial charge < -0.3 is 10.6 Å². The van der Waals surface area contributed by atoms with Crippen molar-refractivity contribution in [2.75, 3.05) is 7.05 Å². The van der Waals surface area contributed by atoms with E-state index in [4.69, 9.17) is 5.73 Å². The fourth-order valence-corrected chi connectivity index (χ4v) is 2.36. The summed E-state index contributed by atoms with van der Waals surface area (Å²) in [7, 11) is 1.80. The first kappa shape index (κ1) is 16.6. The summed E-state index contributed by atoms with van der Waals surface area (Å²) in [6.07, 6.45) is 3.45. The molecule has 2 N–H and O–H groups in total. The number of aryl methyl sites for hydroxylation is 1. The number of aromatic nitrogens is 1. The highest BCUT2D eigenvalue weighted by Crippen LogP contribution is 2.34. The largest absolute Gasteiger partial charge is 0.339 e. The number of thiazole rings is 1. The maximum atomic E-state index is 11.8. The molecule has 7 heteroatoms. The van der Waals surface area contributed by atoms with Gasteiger partial charge in [0.1, 0.15) is 0 Å². The van der Waals surface area contributed by atoms with Gasteiger partial charge in [-0.05, 0) is 19.8 Å². The van der Waals surface area contributed by atoms with Crippen molar-refractivity contribution in [2.24, 2.45) is 5.73 Å². The topological polar surface area (TPSA) is 59.2 Å². The van der Waals surface area contributed by atoms with Gasteiger partial charge in [0.25, 0.3) is 0 Å². The number of hydrogen-bond donors (Lipinski definition) is 1. The minimum absolute atomic E-state index is 0. The Kier molecular flexibility index (Phi) is 5.87. The molecular formula is C10H17Cl2N3OS. The first-order valence-corrected chi connectivity index (χ1v) is 5.79. The molecule has 1 aliphatic rings. The lowest BCUT2D eigenvalue weighted by Crippen LogP contribution is -2.43. The highest BCUT2D eigenvalue weighted by molar-refractivity contribution is 7.11. The average molecular weight is 298 g/mol. The van der Waals surface area contributed by atoms with E-state index < -0.39 is 5.54 Å². The van der Waals surface area contributed by atoms with E-state index in [-0.39, 0.29) is 30.7 Å². The Labute approximate surface area is 117 Å². The zero-order valence-electron chi connectivity index (χ0n) is 9.80. The van der Waals surface area contributed by atoms with E-state index >= 15 is 0 Å². The van der Waals surface area contributed by atoms with Gasteiger partial charge >= 0.3 is 0 Å². The SMILES string of the molecule is Cc1ncc(CN(C)C(=O)C2(N)CC2)s1.Cl.Cl. The van der Waals surface area contributed by atoms with Crippen molar-refractivity contribution in [3.05, 3.63) is 16.1 Å². The normalized spacial score (nSPS) is 15.5. The Morgan fingerprint density at radius 1 is 1.59 bits per heavy atom. The van der Waals surface area contributed by atoms with Crippen LogP contribution in [0.5, 0.6) is 0 Å². The van der Waals surface area contributed by atoms with E-state index in [1.807, 2.05) is 13.1 Å². The van der Waals surface area contributed by atoms with Gasteiger partial charge in [-0.1, -0.05) is 0 Å². The molecule has 0 aromatic carbocycles. The van der Waals surface area contributed by atoms with Gasteiger partial charge in [-0.25, -0.2) is 4.98 Å². The molecule has 1 heterocycles. The van der Waals surface area contributed by atoms with Crippen LogP contribution in [0.1, 0.15) is 22.7 Å². The second kappa shape index (κ2) is 6.00. The number of rotatable bonds is 3. The van der Waals surface area contributed by atoms with Crippen LogP contribution in [0.15, 0.2) is 6.20 Å². The van der Waals surface area contributed by atoms with Crippen molar-refractivity contribution >= 4 is 42.1 Å². The number of likely N-dealkylation sites (N-methyl/N-ethyl adjacent to an activating group) is 1. The monoisotopic (exact) mass is 297 g/mol. The molecule has 1 amide bonds. The van der Waals surface area contributed by atoms with E-state index in [9.17, 15) is 4.79 Å². The maximum Gasteiger partial charge on any atom is 0.242 e. The van der Waals surface area contributed by atoms with Crippen molar-refractivity contribution < 1.29 is 4.79 Å². The van der Waals surface area contributed by atoms with Gasteiger partial charge in [0.2, 0.25) is 5.91 Å². The molecule has 98 valence electrons. The van der Waals surface area contributed by atoms with E-state index in [0.717, 1.165) is 22.7 Å². The minimum Gasteiger partial charge on any atom is -0.339 e. The van der Waals surface area contributed by atoms with Crippen LogP contribution in [0.3, 0.4) is 0 Å². The molecule has 0 bridgehead atoms. The third kappa shape index (κ3) is 3.81. The number of nitrogens with zero attached hydrogens (tertiary/aromatic N) is 2. The quantitative estimate of drug-likeness (QED) is 0.925. The molecule has 0 unspecified atom stereocenters.